The molecule has 0 aliphatic rings. The minimum absolute atomic E-state index is 0.00453. The molecule has 1 unspecified atom stereocenters. The Morgan fingerprint density at radius 2 is 1.85 bits per heavy atom. The van der Waals surface area contributed by atoms with E-state index in [1.807, 2.05) is 46.1 Å². The summed E-state index contributed by atoms with van der Waals surface area (Å²) in [4.78, 5) is 20.6. The van der Waals surface area contributed by atoms with Crippen molar-refractivity contribution in [2.24, 2.45) is 16.8 Å². The lowest BCUT2D eigenvalue weighted by Crippen LogP contribution is -2.35. The molecule has 1 amide bonds. The fourth-order valence-corrected chi connectivity index (χ4v) is 2.02. The second-order valence-electron chi connectivity index (χ2n) is 5.12. The lowest BCUT2D eigenvalue weighted by Gasteiger charge is -2.16. The number of amidine groups is 1. The molecule has 0 aliphatic heterocycles. The molecule has 0 saturated heterocycles. The van der Waals surface area contributed by atoms with E-state index in [-0.39, 0.29) is 17.9 Å². The molecule has 20 heavy (non-hydrogen) atoms. The molecule has 0 bridgehead atoms. The van der Waals surface area contributed by atoms with E-state index in [0.29, 0.717) is 11.1 Å². The van der Waals surface area contributed by atoms with Crippen molar-refractivity contribution in [3.63, 3.8) is 0 Å². The zero-order valence-electron chi connectivity index (χ0n) is 12.8. The fraction of sp³-hybridized carbons (Fsp3) is 0.533. The smallest absolute Gasteiger partial charge is 0.229 e. The molecule has 1 aromatic rings. The molecular formula is C15H23N3OS. The molecule has 0 saturated carbocycles. The van der Waals surface area contributed by atoms with Crippen molar-refractivity contribution in [3.05, 3.63) is 30.1 Å². The van der Waals surface area contributed by atoms with Gasteiger partial charge in [0.25, 0.3) is 0 Å². The van der Waals surface area contributed by atoms with Gasteiger partial charge in [0.1, 0.15) is 0 Å². The van der Waals surface area contributed by atoms with E-state index in [4.69, 9.17) is 0 Å². The molecular weight excluding hydrogens is 270 g/mol. The van der Waals surface area contributed by atoms with Crippen molar-refractivity contribution >= 4 is 22.8 Å². The van der Waals surface area contributed by atoms with E-state index in [9.17, 15) is 4.79 Å². The standard InChI is InChI=1S/C15H23N3OS/c1-10(2)11(3)14(19)18-15(20-5)17-12(4)13-6-8-16-9-7-13/h6-12H,1-5H3,(H,17,18,19)/t11-,12?/m0/s1. The van der Waals surface area contributed by atoms with Crippen LogP contribution in [0.25, 0.3) is 0 Å². The maximum atomic E-state index is 12.1. The van der Waals surface area contributed by atoms with E-state index in [0.717, 1.165) is 5.56 Å². The van der Waals surface area contributed by atoms with Gasteiger partial charge in [-0.3, -0.25) is 14.8 Å². The van der Waals surface area contributed by atoms with Gasteiger partial charge >= 0.3 is 0 Å². The number of nitrogens with zero attached hydrogens (tertiary/aromatic N) is 2. The molecule has 2 atom stereocenters. The molecule has 5 heteroatoms. The van der Waals surface area contributed by atoms with Gasteiger partial charge in [0.2, 0.25) is 5.91 Å². The van der Waals surface area contributed by atoms with Crippen molar-refractivity contribution < 1.29 is 4.79 Å². The van der Waals surface area contributed by atoms with Crippen LogP contribution in [-0.4, -0.2) is 22.3 Å². The van der Waals surface area contributed by atoms with E-state index >= 15 is 0 Å². The minimum Gasteiger partial charge on any atom is -0.305 e. The summed E-state index contributed by atoms with van der Waals surface area (Å²) in [6.07, 6.45) is 5.41. The fourth-order valence-electron chi connectivity index (χ4n) is 1.55. The number of hydrogen-bond donors (Lipinski definition) is 1. The summed E-state index contributed by atoms with van der Waals surface area (Å²) in [6, 6.07) is 3.87. The number of pyridine rings is 1. The van der Waals surface area contributed by atoms with Crippen molar-refractivity contribution in [1.82, 2.24) is 10.3 Å². The van der Waals surface area contributed by atoms with Crippen LogP contribution in [0.5, 0.6) is 0 Å². The highest BCUT2D eigenvalue weighted by molar-refractivity contribution is 8.13. The van der Waals surface area contributed by atoms with Gasteiger partial charge in [-0.25, -0.2) is 0 Å². The summed E-state index contributed by atoms with van der Waals surface area (Å²) in [5, 5.41) is 3.57. The van der Waals surface area contributed by atoms with Crippen LogP contribution in [0.3, 0.4) is 0 Å². The van der Waals surface area contributed by atoms with E-state index < -0.39 is 0 Å². The van der Waals surface area contributed by atoms with Crippen molar-refractivity contribution in [2.45, 2.75) is 33.7 Å². The van der Waals surface area contributed by atoms with Crippen LogP contribution in [0.15, 0.2) is 29.5 Å². The number of carbonyl (C=O) groups is 1. The zero-order valence-corrected chi connectivity index (χ0v) is 13.6. The first kappa shape index (κ1) is 16.7. The van der Waals surface area contributed by atoms with Crippen LogP contribution in [0.1, 0.15) is 39.3 Å². The van der Waals surface area contributed by atoms with E-state index in [1.54, 1.807) is 12.4 Å². The van der Waals surface area contributed by atoms with E-state index in [2.05, 4.69) is 15.3 Å². The third kappa shape index (κ3) is 4.96. The van der Waals surface area contributed by atoms with Crippen LogP contribution >= 0.6 is 11.8 Å². The number of hydrogen-bond acceptors (Lipinski definition) is 4. The third-order valence-corrected chi connectivity index (χ3v) is 3.93. The van der Waals surface area contributed by atoms with Crippen molar-refractivity contribution in [2.75, 3.05) is 6.26 Å². The number of carbonyl (C=O) groups excluding carboxylic acids is 1. The largest absolute Gasteiger partial charge is 0.305 e. The van der Waals surface area contributed by atoms with Gasteiger partial charge in [-0.05, 0) is 36.8 Å². The maximum Gasteiger partial charge on any atom is 0.229 e. The quantitative estimate of drug-likeness (QED) is 0.684. The number of aliphatic imine (C=N–C) groups is 1. The monoisotopic (exact) mass is 293 g/mol. The van der Waals surface area contributed by atoms with Gasteiger partial charge in [0.05, 0.1) is 6.04 Å². The highest BCUT2D eigenvalue weighted by Crippen LogP contribution is 2.17. The summed E-state index contributed by atoms with van der Waals surface area (Å²) < 4.78 is 0. The van der Waals surface area contributed by atoms with Gasteiger partial charge in [-0.1, -0.05) is 32.5 Å². The molecule has 1 rings (SSSR count). The number of nitrogens with one attached hydrogen (secondary N) is 1. The summed E-state index contributed by atoms with van der Waals surface area (Å²) in [5.74, 6) is 0.314. The van der Waals surface area contributed by atoms with Gasteiger partial charge in [0, 0.05) is 18.3 Å². The molecule has 0 fully saturated rings. The molecule has 0 aromatic carbocycles. The second-order valence-corrected chi connectivity index (χ2v) is 5.91. The summed E-state index contributed by atoms with van der Waals surface area (Å²) >= 11 is 1.45. The lowest BCUT2D eigenvalue weighted by atomic mass is 9.97. The number of rotatable bonds is 4. The second kappa shape index (κ2) is 8.04. The molecule has 0 radical (unpaired) electrons. The lowest BCUT2D eigenvalue weighted by molar-refractivity contribution is -0.124. The van der Waals surface area contributed by atoms with Crippen LogP contribution in [-0.2, 0) is 4.79 Å². The van der Waals surface area contributed by atoms with Crippen LogP contribution in [0.2, 0.25) is 0 Å². The predicted molar refractivity (Wildman–Crippen MR) is 85.7 cm³/mol. The maximum absolute atomic E-state index is 12.1. The summed E-state index contributed by atoms with van der Waals surface area (Å²) in [6.45, 7) is 8.02. The molecule has 1 N–H and O–H groups in total. The van der Waals surface area contributed by atoms with E-state index in [1.165, 1.54) is 11.8 Å². The Morgan fingerprint density at radius 3 is 2.35 bits per heavy atom. The van der Waals surface area contributed by atoms with Gasteiger partial charge in [0.15, 0.2) is 5.17 Å². The summed E-state index contributed by atoms with van der Waals surface area (Å²) in [5.41, 5.74) is 1.08. The average molecular weight is 293 g/mol. The van der Waals surface area contributed by atoms with Gasteiger partial charge in [-0.2, -0.15) is 0 Å². The molecule has 4 nitrogen and oxygen atoms in total. The number of amides is 1. The van der Waals surface area contributed by atoms with Crippen molar-refractivity contribution in [1.29, 1.82) is 0 Å². The van der Waals surface area contributed by atoms with Crippen molar-refractivity contribution in [3.8, 4) is 0 Å². The Balaban J connectivity index is 2.75. The van der Waals surface area contributed by atoms with Crippen LogP contribution < -0.4 is 5.32 Å². The third-order valence-electron chi connectivity index (χ3n) is 3.34. The highest BCUT2D eigenvalue weighted by atomic mass is 32.2. The van der Waals surface area contributed by atoms with Gasteiger partial charge in [-0.15, -0.1) is 0 Å². The first-order valence-electron chi connectivity index (χ1n) is 6.78. The topological polar surface area (TPSA) is 54.4 Å². The number of thioether (sulfide) groups is 1. The predicted octanol–water partition coefficient (Wildman–Crippen LogP) is 3.27. The minimum atomic E-state index is -0.0245. The zero-order chi connectivity index (χ0) is 15.1. The normalized spacial score (nSPS) is 15.0. The van der Waals surface area contributed by atoms with Crippen LogP contribution in [0, 0.1) is 11.8 Å². The summed E-state index contributed by atoms with van der Waals surface area (Å²) in [7, 11) is 0. The molecule has 1 aromatic heterocycles. The Bertz CT molecular complexity index is 459. The molecule has 0 aliphatic carbocycles. The van der Waals surface area contributed by atoms with Gasteiger partial charge < -0.3 is 5.32 Å². The molecule has 1 heterocycles. The highest BCUT2D eigenvalue weighted by Gasteiger charge is 2.18. The Morgan fingerprint density at radius 1 is 1.25 bits per heavy atom. The molecule has 110 valence electrons. The van der Waals surface area contributed by atoms with Crippen LogP contribution in [0.4, 0.5) is 0 Å². The Kier molecular flexibility index (Phi) is 6.71. The SMILES string of the molecule is CSC(=NC(C)c1ccncc1)NC(=O)[C@@H](C)C(C)C. The number of aromatic nitrogens is 1. The Hall–Kier alpha value is -1.36. The Labute approximate surface area is 125 Å². The first-order valence-corrected chi connectivity index (χ1v) is 8.00. The first-order chi connectivity index (χ1) is 9.45. The molecule has 0 spiro atoms. The average Bonchev–Trinajstić information content (AvgIpc) is 2.46.